The van der Waals surface area contributed by atoms with E-state index in [1.807, 2.05) is 0 Å². The van der Waals surface area contributed by atoms with E-state index in [9.17, 15) is 4.39 Å². The van der Waals surface area contributed by atoms with Crippen LogP contribution in [0.5, 0.6) is 0 Å². The third-order valence-electron chi connectivity index (χ3n) is 1.96. The van der Waals surface area contributed by atoms with E-state index in [-0.39, 0.29) is 4.75 Å². The summed E-state index contributed by atoms with van der Waals surface area (Å²) in [5.74, 6) is 0.143. The number of thioether (sulfide) groups is 1. The average Bonchev–Trinajstić information content (AvgIpc) is 2.15. The molecule has 0 aliphatic carbocycles. The van der Waals surface area contributed by atoms with Crippen LogP contribution >= 0.6 is 11.8 Å². The lowest BCUT2D eigenvalue weighted by molar-refractivity contribution is 0.584. The zero-order valence-electron chi connectivity index (χ0n) is 8.67. The van der Waals surface area contributed by atoms with Crippen molar-refractivity contribution in [1.29, 1.82) is 0 Å². The Morgan fingerprint density at radius 2 is 2.21 bits per heavy atom. The van der Waals surface area contributed by atoms with Crippen LogP contribution in [0.15, 0.2) is 18.2 Å². The highest BCUT2D eigenvalue weighted by atomic mass is 32.2. The van der Waals surface area contributed by atoms with Gasteiger partial charge in [-0.1, -0.05) is 6.07 Å². The topological polar surface area (TPSA) is 24.9 Å². The van der Waals surface area contributed by atoms with Gasteiger partial charge in [-0.15, -0.1) is 0 Å². The molecular weight excluding hydrogens is 199 g/mol. The minimum absolute atomic E-state index is 0.133. The fraction of sp³-hybridized carbons (Fsp3) is 0.500. The summed E-state index contributed by atoms with van der Waals surface area (Å²) < 4.78 is 12.8. The molecule has 0 fully saturated rings. The molecule has 78 valence electrons. The molecule has 0 aliphatic heterocycles. The van der Waals surface area contributed by atoms with Gasteiger partial charge in [-0.25, -0.2) is 4.98 Å². The standard InChI is InChI=1S/C10H15FN2S/c1-10(2,14-3)7-12-9-6-4-5-8(11)13-9/h4-6H,7H2,1-3H3,(H,12,13). The van der Waals surface area contributed by atoms with Gasteiger partial charge in [0, 0.05) is 11.3 Å². The van der Waals surface area contributed by atoms with E-state index in [4.69, 9.17) is 0 Å². The Balaban J connectivity index is 2.54. The fourth-order valence-corrected chi connectivity index (χ4v) is 1.10. The van der Waals surface area contributed by atoms with E-state index in [0.717, 1.165) is 6.54 Å². The molecule has 0 saturated carbocycles. The normalized spacial score (nSPS) is 11.4. The number of hydrogen-bond donors (Lipinski definition) is 1. The van der Waals surface area contributed by atoms with E-state index >= 15 is 0 Å². The molecule has 0 bridgehead atoms. The van der Waals surface area contributed by atoms with Gasteiger partial charge in [-0.05, 0) is 32.2 Å². The molecule has 1 aromatic heterocycles. The van der Waals surface area contributed by atoms with E-state index in [0.29, 0.717) is 5.82 Å². The predicted octanol–water partition coefficient (Wildman–Crippen LogP) is 2.77. The van der Waals surface area contributed by atoms with Crippen molar-refractivity contribution in [1.82, 2.24) is 4.98 Å². The zero-order valence-corrected chi connectivity index (χ0v) is 9.49. The molecule has 0 aliphatic rings. The van der Waals surface area contributed by atoms with Crippen LogP contribution in [0, 0.1) is 5.95 Å². The van der Waals surface area contributed by atoms with Crippen LogP contribution in [0.3, 0.4) is 0 Å². The van der Waals surface area contributed by atoms with E-state index in [1.165, 1.54) is 6.07 Å². The summed E-state index contributed by atoms with van der Waals surface area (Å²) in [6.07, 6.45) is 2.06. The van der Waals surface area contributed by atoms with Crippen molar-refractivity contribution in [3.8, 4) is 0 Å². The number of nitrogens with zero attached hydrogens (tertiary/aromatic N) is 1. The number of pyridine rings is 1. The molecule has 2 nitrogen and oxygen atoms in total. The first-order chi connectivity index (χ1) is 6.53. The summed E-state index contributed by atoms with van der Waals surface area (Å²) in [7, 11) is 0. The lowest BCUT2D eigenvalue weighted by Crippen LogP contribution is -2.26. The Morgan fingerprint density at radius 3 is 2.79 bits per heavy atom. The summed E-state index contributed by atoms with van der Waals surface area (Å²) in [5, 5.41) is 3.10. The van der Waals surface area contributed by atoms with Gasteiger partial charge >= 0.3 is 0 Å². The van der Waals surface area contributed by atoms with Gasteiger partial charge < -0.3 is 5.32 Å². The maximum atomic E-state index is 12.7. The second-order valence-electron chi connectivity index (χ2n) is 3.66. The number of nitrogens with one attached hydrogen (secondary N) is 1. The number of rotatable bonds is 4. The Morgan fingerprint density at radius 1 is 1.50 bits per heavy atom. The molecule has 1 rings (SSSR count). The Hall–Kier alpha value is -0.770. The van der Waals surface area contributed by atoms with Crippen LogP contribution in [0.2, 0.25) is 0 Å². The minimum atomic E-state index is -0.447. The summed E-state index contributed by atoms with van der Waals surface area (Å²) in [6.45, 7) is 5.03. The maximum absolute atomic E-state index is 12.7. The molecule has 0 amide bonds. The van der Waals surface area contributed by atoms with Crippen molar-refractivity contribution < 1.29 is 4.39 Å². The van der Waals surface area contributed by atoms with Crippen LogP contribution in [0.4, 0.5) is 10.2 Å². The molecule has 0 spiro atoms. The Kier molecular flexibility index (Phi) is 3.75. The first-order valence-corrected chi connectivity index (χ1v) is 5.67. The average molecular weight is 214 g/mol. The van der Waals surface area contributed by atoms with E-state index < -0.39 is 5.95 Å². The van der Waals surface area contributed by atoms with Crippen molar-refractivity contribution in [3.05, 3.63) is 24.1 Å². The molecule has 4 heteroatoms. The van der Waals surface area contributed by atoms with Crippen LogP contribution < -0.4 is 5.32 Å². The maximum Gasteiger partial charge on any atom is 0.214 e. The number of anilines is 1. The number of halogens is 1. The molecule has 1 aromatic rings. The van der Waals surface area contributed by atoms with Gasteiger partial charge in [0.05, 0.1) is 0 Å². The molecule has 0 saturated heterocycles. The SMILES string of the molecule is CSC(C)(C)CNc1cccc(F)n1. The smallest absolute Gasteiger partial charge is 0.214 e. The van der Waals surface area contributed by atoms with Crippen molar-refractivity contribution in [2.45, 2.75) is 18.6 Å². The number of aromatic nitrogens is 1. The van der Waals surface area contributed by atoms with Crippen molar-refractivity contribution in [3.63, 3.8) is 0 Å². The third kappa shape index (κ3) is 3.54. The monoisotopic (exact) mass is 214 g/mol. The molecule has 1 heterocycles. The van der Waals surface area contributed by atoms with Crippen molar-refractivity contribution in [2.24, 2.45) is 0 Å². The molecule has 0 atom stereocenters. The van der Waals surface area contributed by atoms with Gasteiger partial charge in [0.2, 0.25) is 5.95 Å². The van der Waals surface area contributed by atoms with Gasteiger partial charge in [0.25, 0.3) is 0 Å². The highest BCUT2D eigenvalue weighted by Crippen LogP contribution is 2.21. The lowest BCUT2D eigenvalue weighted by Gasteiger charge is -2.22. The summed E-state index contributed by atoms with van der Waals surface area (Å²) in [4.78, 5) is 3.72. The van der Waals surface area contributed by atoms with Gasteiger partial charge in [0.15, 0.2) is 0 Å². The summed E-state index contributed by atoms with van der Waals surface area (Å²) >= 11 is 1.77. The quantitative estimate of drug-likeness (QED) is 0.780. The van der Waals surface area contributed by atoms with Gasteiger partial charge in [-0.3, -0.25) is 0 Å². The van der Waals surface area contributed by atoms with Gasteiger partial charge in [-0.2, -0.15) is 16.2 Å². The first kappa shape index (κ1) is 11.3. The lowest BCUT2D eigenvalue weighted by atomic mass is 10.2. The van der Waals surface area contributed by atoms with Crippen LogP contribution in [-0.4, -0.2) is 22.5 Å². The van der Waals surface area contributed by atoms with Crippen molar-refractivity contribution >= 4 is 17.6 Å². The Labute approximate surface area is 88.3 Å². The Bertz CT molecular complexity index is 302. The third-order valence-corrected chi connectivity index (χ3v) is 3.21. The predicted molar refractivity (Wildman–Crippen MR) is 60.3 cm³/mol. The zero-order chi connectivity index (χ0) is 10.6. The molecule has 1 N–H and O–H groups in total. The second-order valence-corrected chi connectivity index (χ2v) is 5.18. The molecule has 0 radical (unpaired) electrons. The highest BCUT2D eigenvalue weighted by molar-refractivity contribution is 7.99. The summed E-state index contributed by atoms with van der Waals surface area (Å²) in [5.41, 5.74) is 0. The van der Waals surface area contributed by atoms with Crippen molar-refractivity contribution in [2.75, 3.05) is 18.1 Å². The second kappa shape index (κ2) is 4.64. The van der Waals surface area contributed by atoms with Crippen LogP contribution in [-0.2, 0) is 0 Å². The van der Waals surface area contributed by atoms with Crippen LogP contribution in [0.1, 0.15) is 13.8 Å². The molecular formula is C10H15FN2S. The first-order valence-electron chi connectivity index (χ1n) is 4.45. The van der Waals surface area contributed by atoms with E-state index in [1.54, 1.807) is 23.9 Å². The minimum Gasteiger partial charge on any atom is -0.369 e. The fourth-order valence-electron chi connectivity index (χ4n) is 0.882. The summed E-state index contributed by atoms with van der Waals surface area (Å²) in [6, 6.07) is 4.75. The van der Waals surface area contributed by atoms with E-state index in [2.05, 4.69) is 30.4 Å². The molecule has 0 aromatic carbocycles. The largest absolute Gasteiger partial charge is 0.369 e. The molecule has 14 heavy (non-hydrogen) atoms. The molecule has 0 unspecified atom stereocenters. The van der Waals surface area contributed by atoms with Gasteiger partial charge in [0.1, 0.15) is 5.82 Å². The number of hydrogen-bond acceptors (Lipinski definition) is 3. The van der Waals surface area contributed by atoms with Crippen LogP contribution in [0.25, 0.3) is 0 Å². The highest BCUT2D eigenvalue weighted by Gasteiger charge is 2.15.